The van der Waals surface area contributed by atoms with Crippen molar-refractivity contribution in [3.05, 3.63) is 65.7 Å². The van der Waals surface area contributed by atoms with Gasteiger partial charge in [-0.2, -0.15) is 0 Å². The summed E-state index contributed by atoms with van der Waals surface area (Å²) in [4.78, 5) is 2.19. The second-order valence-corrected chi connectivity index (χ2v) is 8.09. The summed E-state index contributed by atoms with van der Waals surface area (Å²) in [6, 6.07) is 16.1. The zero-order valence-electron chi connectivity index (χ0n) is 15.0. The number of nitrogens with one attached hydrogen (secondary N) is 1. The van der Waals surface area contributed by atoms with Gasteiger partial charge in [-0.25, -0.2) is 8.42 Å². The first-order chi connectivity index (χ1) is 12.3. The standard InChI is InChI=1S/C20H22N2O3S/c1-14-10-11-15(13-23)12-18(14)21-26(24,25)20-9-5-6-16-17(20)7-4-8-19(16)22(2)3/h4-12,21,23H,13H2,1-3H3. The highest BCUT2D eigenvalue weighted by molar-refractivity contribution is 7.93. The number of nitrogens with zero attached hydrogens (tertiary/aromatic N) is 1. The van der Waals surface area contributed by atoms with E-state index in [2.05, 4.69) is 4.72 Å². The average molecular weight is 370 g/mol. The molecule has 3 aromatic rings. The molecule has 0 saturated heterocycles. The topological polar surface area (TPSA) is 69.6 Å². The number of sulfonamides is 1. The maximum Gasteiger partial charge on any atom is 0.262 e. The van der Waals surface area contributed by atoms with Crippen LogP contribution >= 0.6 is 0 Å². The normalized spacial score (nSPS) is 11.5. The van der Waals surface area contributed by atoms with E-state index < -0.39 is 10.0 Å². The van der Waals surface area contributed by atoms with Gasteiger partial charge in [0.05, 0.1) is 17.2 Å². The van der Waals surface area contributed by atoms with Gasteiger partial charge in [-0.3, -0.25) is 4.72 Å². The molecule has 0 fully saturated rings. The number of fused-ring (bicyclic) bond motifs is 1. The van der Waals surface area contributed by atoms with Gasteiger partial charge in [0.25, 0.3) is 10.0 Å². The van der Waals surface area contributed by atoms with E-state index in [-0.39, 0.29) is 11.5 Å². The fraction of sp³-hybridized carbons (Fsp3) is 0.200. The molecule has 0 atom stereocenters. The smallest absolute Gasteiger partial charge is 0.262 e. The fourth-order valence-corrected chi connectivity index (χ4v) is 4.31. The highest BCUT2D eigenvalue weighted by Gasteiger charge is 2.19. The molecule has 0 aromatic heterocycles. The Labute approximate surface area is 153 Å². The number of anilines is 2. The molecule has 2 N–H and O–H groups in total. The van der Waals surface area contributed by atoms with Crippen LogP contribution in [0, 0.1) is 6.92 Å². The van der Waals surface area contributed by atoms with Gasteiger partial charge in [0.15, 0.2) is 0 Å². The Kier molecular flexibility index (Phi) is 4.89. The van der Waals surface area contributed by atoms with Gasteiger partial charge in [0.1, 0.15) is 0 Å². The number of hydrogen-bond donors (Lipinski definition) is 2. The summed E-state index contributed by atoms with van der Waals surface area (Å²) in [5.41, 5.74) is 2.87. The van der Waals surface area contributed by atoms with Crippen LogP contribution in [-0.4, -0.2) is 27.6 Å². The Balaban J connectivity index is 2.12. The molecule has 0 aliphatic carbocycles. The zero-order valence-corrected chi connectivity index (χ0v) is 15.8. The fourth-order valence-electron chi connectivity index (χ4n) is 2.97. The predicted molar refractivity (Wildman–Crippen MR) is 106 cm³/mol. The molecule has 0 bridgehead atoms. The van der Waals surface area contributed by atoms with Gasteiger partial charge in [0, 0.05) is 30.6 Å². The van der Waals surface area contributed by atoms with Crippen LogP contribution in [0.4, 0.5) is 11.4 Å². The molecule has 0 aliphatic heterocycles. The van der Waals surface area contributed by atoms with Crippen LogP contribution in [-0.2, 0) is 16.6 Å². The quantitative estimate of drug-likeness (QED) is 0.721. The van der Waals surface area contributed by atoms with Crippen LogP contribution in [0.3, 0.4) is 0 Å². The Morgan fingerprint density at radius 3 is 2.38 bits per heavy atom. The first-order valence-electron chi connectivity index (χ1n) is 8.26. The van der Waals surface area contributed by atoms with Crippen LogP contribution in [0.5, 0.6) is 0 Å². The van der Waals surface area contributed by atoms with Crippen molar-refractivity contribution in [3.63, 3.8) is 0 Å². The zero-order chi connectivity index (χ0) is 18.9. The summed E-state index contributed by atoms with van der Waals surface area (Å²) in [5, 5.41) is 10.9. The van der Waals surface area contributed by atoms with Gasteiger partial charge in [-0.15, -0.1) is 0 Å². The molecule has 0 spiro atoms. The minimum Gasteiger partial charge on any atom is -0.392 e. The van der Waals surface area contributed by atoms with E-state index >= 15 is 0 Å². The molecule has 5 nitrogen and oxygen atoms in total. The number of aliphatic hydroxyl groups is 1. The van der Waals surface area contributed by atoms with Crippen molar-refractivity contribution in [1.82, 2.24) is 0 Å². The highest BCUT2D eigenvalue weighted by Crippen LogP contribution is 2.31. The van der Waals surface area contributed by atoms with Crippen LogP contribution in [0.1, 0.15) is 11.1 Å². The van der Waals surface area contributed by atoms with Crippen LogP contribution in [0.25, 0.3) is 10.8 Å². The molecule has 0 aliphatic rings. The monoisotopic (exact) mass is 370 g/mol. The molecule has 0 amide bonds. The van der Waals surface area contributed by atoms with Crippen molar-refractivity contribution in [2.24, 2.45) is 0 Å². The van der Waals surface area contributed by atoms with E-state index in [1.54, 1.807) is 30.3 Å². The van der Waals surface area contributed by atoms with Crippen LogP contribution in [0.2, 0.25) is 0 Å². The number of aliphatic hydroxyl groups excluding tert-OH is 1. The number of benzene rings is 3. The molecule has 6 heteroatoms. The van der Waals surface area contributed by atoms with Crippen molar-refractivity contribution in [1.29, 1.82) is 0 Å². The molecule has 3 aromatic carbocycles. The lowest BCUT2D eigenvalue weighted by atomic mass is 10.1. The van der Waals surface area contributed by atoms with Crippen molar-refractivity contribution in [2.75, 3.05) is 23.7 Å². The molecule has 26 heavy (non-hydrogen) atoms. The summed E-state index contributed by atoms with van der Waals surface area (Å²) in [7, 11) is 0.0770. The predicted octanol–water partition coefficient (Wildman–Crippen LogP) is 3.51. The minimum atomic E-state index is -3.78. The summed E-state index contributed by atoms with van der Waals surface area (Å²) in [6.07, 6.45) is 0. The van der Waals surface area contributed by atoms with Crippen molar-refractivity contribution >= 4 is 32.2 Å². The largest absolute Gasteiger partial charge is 0.392 e. The van der Waals surface area contributed by atoms with Crippen LogP contribution in [0.15, 0.2) is 59.5 Å². The lowest BCUT2D eigenvalue weighted by molar-refractivity contribution is 0.282. The highest BCUT2D eigenvalue weighted by atomic mass is 32.2. The summed E-state index contributed by atoms with van der Waals surface area (Å²) >= 11 is 0. The first kappa shape index (κ1) is 18.2. The third-order valence-corrected chi connectivity index (χ3v) is 5.78. The molecular formula is C20H22N2O3S. The molecule has 0 radical (unpaired) electrons. The minimum absolute atomic E-state index is 0.143. The molecule has 0 unspecified atom stereocenters. The summed E-state index contributed by atoms with van der Waals surface area (Å²) in [5.74, 6) is 0. The lowest BCUT2D eigenvalue weighted by Crippen LogP contribution is -2.15. The van der Waals surface area contributed by atoms with E-state index in [0.717, 1.165) is 16.6 Å². The maximum atomic E-state index is 13.1. The summed E-state index contributed by atoms with van der Waals surface area (Å²) < 4.78 is 28.8. The summed E-state index contributed by atoms with van der Waals surface area (Å²) in [6.45, 7) is 1.68. The molecule has 136 valence electrons. The van der Waals surface area contributed by atoms with E-state index in [9.17, 15) is 13.5 Å². The third kappa shape index (κ3) is 3.38. The van der Waals surface area contributed by atoms with Crippen LogP contribution < -0.4 is 9.62 Å². The van der Waals surface area contributed by atoms with Gasteiger partial charge < -0.3 is 10.0 Å². The third-order valence-electron chi connectivity index (χ3n) is 4.36. The number of aryl methyl sites for hydroxylation is 1. The van der Waals surface area contributed by atoms with E-state index in [0.29, 0.717) is 16.6 Å². The second-order valence-electron chi connectivity index (χ2n) is 6.44. The van der Waals surface area contributed by atoms with Gasteiger partial charge >= 0.3 is 0 Å². The molecular weight excluding hydrogens is 348 g/mol. The van der Waals surface area contributed by atoms with Gasteiger partial charge in [0.2, 0.25) is 0 Å². The average Bonchev–Trinajstić information content (AvgIpc) is 2.62. The Hall–Kier alpha value is -2.57. The van der Waals surface area contributed by atoms with E-state index in [1.165, 1.54) is 0 Å². The second kappa shape index (κ2) is 6.97. The Bertz CT molecular complexity index is 1060. The van der Waals surface area contributed by atoms with Gasteiger partial charge in [-0.1, -0.05) is 36.4 Å². The van der Waals surface area contributed by atoms with Crippen molar-refractivity contribution < 1.29 is 13.5 Å². The molecule has 3 rings (SSSR count). The molecule has 0 saturated carbocycles. The SMILES string of the molecule is Cc1ccc(CO)cc1NS(=O)(=O)c1cccc2c(N(C)C)cccc12. The maximum absolute atomic E-state index is 13.1. The van der Waals surface area contributed by atoms with E-state index in [4.69, 9.17) is 0 Å². The number of rotatable bonds is 5. The first-order valence-corrected chi connectivity index (χ1v) is 9.74. The Morgan fingerprint density at radius 2 is 1.69 bits per heavy atom. The van der Waals surface area contributed by atoms with E-state index in [1.807, 2.05) is 50.2 Å². The van der Waals surface area contributed by atoms with Crippen molar-refractivity contribution in [2.45, 2.75) is 18.4 Å². The number of hydrogen-bond acceptors (Lipinski definition) is 4. The molecule has 0 heterocycles. The van der Waals surface area contributed by atoms with Crippen molar-refractivity contribution in [3.8, 4) is 0 Å². The lowest BCUT2D eigenvalue weighted by Gasteiger charge is -2.17. The van der Waals surface area contributed by atoms with Gasteiger partial charge in [-0.05, 0) is 36.2 Å². The Morgan fingerprint density at radius 1 is 1.00 bits per heavy atom.